The molecule has 0 N–H and O–H groups in total. The molecule has 1 atom stereocenters. The Bertz CT molecular complexity index is 1000. The summed E-state index contributed by atoms with van der Waals surface area (Å²) in [5.41, 5.74) is 3.42. The molecule has 146 valence electrons. The third-order valence-corrected chi connectivity index (χ3v) is 6.06. The molecule has 28 heavy (non-hydrogen) atoms. The lowest BCUT2D eigenvalue weighted by Gasteiger charge is -2.25. The largest absolute Gasteiger partial charge is 0.496 e. The van der Waals surface area contributed by atoms with E-state index in [1.54, 1.807) is 18.9 Å². The topological polar surface area (TPSA) is 64.8 Å². The van der Waals surface area contributed by atoms with Crippen molar-refractivity contribution in [1.82, 2.24) is 10.1 Å². The number of hydrogen-bond donors (Lipinski definition) is 0. The average molecular weight is 398 g/mol. The van der Waals surface area contributed by atoms with Crippen LogP contribution in [-0.2, 0) is 11.3 Å². The van der Waals surface area contributed by atoms with E-state index < -0.39 is 0 Å². The Kier molecular flexibility index (Phi) is 5.17. The van der Waals surface area contributed by atoms with Crippen molar-refractivity contribution in [2.45, 2.75) is 25.8 Å². The minimum Gasteiger partial charge on any atom is -0.496 e. The minimum atomic E-state index is -0.190. The van der Waals surface area contributed by atoms with E-state index in [-0.39, 0.29) is 11.3 Å². The summed E-state index contributed by atoms with van der Waals surface area (Å²) in [6.45, 7) is 5.00. The molecule has 1 aliphatic heterocycles. The van der Waals surface area contributed by atoms with E-state index in [9.17, 15) is 4.79 Å². The number of carbonyl (C=O) groups excluding carboxylic acids is 1. The first-order chi connectivity index (χ1) is 13.6. The highest BCUT2D eigenvalue weighted by Gasteiger charge is 2.37. The van der Waals surface area contributed by atoms with Crippen molar-refractivity contribution < 1.29 is 18.8 Å². The van der Waals surface area contributed by atoms with E-state index in [0.29, 0.717) is 30.2 Å². The van der Waals surface area contributed by atoms with Crippen LogP contribution in [0.3, 0.4) is 0 Å². The monoisotopic (exact) mass is 398 g/mol. The molecule has 1 unspecified atom stereocenters. The van der Waals surface area contributed by atoms with Gasteiger partial charge in [-0.1, -0.05) is 17.3 Å². The first kappa shape index (κ1) is 18.7. The molecule has 2 heterocycles. The molecule has 1 saturated heterocycles. The Morgan fingerprint density at radius 2 is 2.04 bits per heavy atom. The molecule has 4 rings (SSSR count). The number of methoxy groups -OCH3 is 1. The molecule has 0 aliphatic carbocycles. The molecule has 1 amide bonds. The third kappa shape index (κ3) is 3.30. The number of rotatable bonds is 6. The van der Waals surface area contributed by atoms with Gasteiger partial charge in [0.05, 0.1) is 30.7 Å². The number of hydrogen-bond acceptors (Lipinski definition) is 6. The fourth-order valence-electron chi connectivity index (χ4n) is 3.46. The molecular weight excluding hydrogens is 376 g/mol. The zero-order valence-electron chi connectivity index (χ0n) is 16.1. The normalized spacial score (nSPS) is 16.8. The Morgan fingerprint density at radius 1 is 1.25 bits per heavy atom. The molecule has 0 spiro atoms. The van der Waals surface area contributed by atoms with E-state index in [1.807, 2.05) is 55.1 Å². The first-order valence-corrected chi connectivity index (χ1v) is 10.2. The zero-order chi connectivity index (χ0) is 19.7. The van der Waals surface area contributed by atoms with Crippen LogP contribution in [0.15, 0.2) is 40.9 Å². The predicted octanol–water partition coefficient (Wildman–Crippen LogP) is 4.32. The maximum Gasteiger partial charge on any atom is 0.234 e. The molecule has 0 radical (unpaired) electrons. The Morgan fingerprint density at radius 3 is 2.75 bits per heavy atom. The second-order valence-corrected chi connectivity index (χ2v) is 7.66. The van der Waals surface area contributed by atoms with Gasteiger partial charge in [0.25, 0.3) is 0 Å². The van der Waals surface area contributed by atoms with Crippen LogP contribution < -0.4 is 9.47 Å². The molecule has 1 aromatic heterocycles. The zero-order valence-corrected chi connectivity index (χ0v) is 16.9. The van der Waals surface area contributed by atoms with Gasteiger partial charge in [-0.25, -0.2) is 0 Å². The van der Waals surface area contributed by atoms with Crippen molar-refractivity contribution in [3.05, 3.63) is 53.2 Å². The van der Waals surface area contributed by atoms with Crippen molar-refractivity contribution in [3.63, 3.8) is 0 Å². The van der Waals surface area contributed by atoms with E-state index in [2.05, 4.69) is 5.16 Å². The van der Waals surface area contributed by atoms with Crippen molar-refractivity contribution >= 4 is 28.6 Å². The van der Waals surface area contributed by atoms with Crippen LogP contribution in [0.4, 0.5) is 0 Å². The maximum absolute atomic E-state index is 12.7. The van der Waals surface area contributed by atoms with Gasteiger partial charge in [-0.3, -0.25) is 4.79 Å². The summed E-state index contributed by atoms with van der Waals surface area (Å²) < 4.78 is 16.7. The standard InChI is InChI=1S/C21H22N2O4S/c1-4-26-15-7-5-14(6-8-15)11-23-18(24)12-28-21(23)19-17(25-3)10-9-16-13(2)22-27-20(16)19/h5-10,21H,4,11-12H2,1-3H3. The molecule has 3 aromatic rings. The molecule has 2 aromatic carbocycles. The van der Waals surface area contributed by atoms with Crippen molar-refractivity contribution in [3.8, 4) is 11.5 Å². The quantitative estimate of drug-likeness (QED) is 0.616. The van der Waals surface area contributed by atoms with E-state index in [0.717, 1.165) is 28.0 Å². The number of amides is 1. The lowest BCUT2D eigenvalue weighted by molar-refractivity contribution is -0.128. The molecule has 7 heteroatoms. The van der Waals surface area contributed by atoms with Gasteiger partial charge >= 0.3 is 0 Å². The van der Waals surface area contributed by atoms with Crippen LogP contribution in [0.5, 0.6) is 11.5 Å². The second kappa shape index (κ2) is 7.75. The lowest BCUT2D eigenvalue weighted by Crippen LogP contribution is -2.28. The van der Waals surface area contributed by atoms with Gasteiger partial charge in [0.2, 0.25) is 5.91 Å². The van der Waals surface area contributed by atoms with Gasteiger partial charge in [-0.05, 0) is 43.7 Å². The van der Waals surface area contributed by atoms with Crippen LogP contribution in [0, 0.1) is 6.92 Å². The number of fused-ring (bicyclic) bond motifs is 1. The SMILES string of the molecule is CCOc1ccc(CN2C(=O)CSC2c2c(OC)ccc3c(C)noc23)cc1. The molecule has 1 aliphatic rings. The van der Waals surface area contributed by atoms with E-state index >= 15 is 0 Å². The number of aromatic nitrogens is 1. The fourth-order valence-corrected chi connectivity index (χ4v) is 4.69. The number of carbonyl (C=O) groups is 1. The summed E-state index contributed by atoms with van der Waals surface area (Å²) in [4.78, 5) is 14.5. The Labute approximate surface area is 167 Å². The minimum absolute atomic E-state index is 0.0965. The van der Waals surface area contributed by atoms with Crippen LogP contribution in [0.1, 0.15) is 29.1 Å². The van der Waals surface area contributed by atoms with Gasteiger partial charge in [-0.2, -0.15) is 0 Å². The highest BCUT2D eigenvalue weighted by molar-refractivity contribution is 8.00. The van der Waals surface area contributed by atoms with Crippen molar-refractivity contribution in [2.24, 2.45) is 0 Å². The average Bonchev–Trinajstić information content (AvgIpc) is 3.26. The van der Waals surface area contributed by atoms with Crippen LogP contribution >= 0.6 is 11.8 Å². The van der Waals surface area contributed by atoms with Crippen molar-refractivity contribution in [2.75, 3.05) is 19.5 Å². The number of thioether (sulfide) groups is 1. The Hall–Kier alpha value is -2.67. The summed E-state index contributed by atoms with van der Waals surface area (Å²) in [5, 5.41) is 4.85. The van der Waals surface area contributed by atoms with Gasteiger partial charge in [0.1, 0.15) is 16.9 Å². The molecular formula is C21H22N2O4S. The Balaban J connectivity index is 1.69. The lowest BCUT2D eigenvalue weighted by atomic mass is 10.1. The van der Waals surface area contributed by atoms with Crippen molar-refractivity contribution in [1.29, 1.82) is 0 Å². The van der Waals surface area contributed by atoms with Gasteiger partial charge < -0.3 is 18.9 Å². The van der Waals surface area contributed by atoms with Gasteiger partial charge in [0, 0.05) is 11.9 Å². The number of nitrogens with zero attached hydrogens (tertiary/aromatic N) is 2. The molecule has 6 nitrogen and oxygen atoms in total. The number of benzene rings is 2. The third-order valence-electron chi connectivity index (χ3n) is 4.84. The van der Waals surface area contributed by atoms with Crippen LogP contribution in [-0.4, -0.2) is 35.4 Å². The van der Waals surface area contributed by atoms with Gasteiger partial charge in [0.15, 0.2) is 5.58 Å². The number of ether oxygens (including phenoxy) is 2. The predicted molar refractivity (Wildman–Crippen MR) is 109 cm³/mol. The summed E-state index contributed by atoms with van der Waals surface area (Å²) in [5.74, 6) is 2.05. The molecule has 1 fully saturated rings. The summed E-state index contributed by atoms with van der Waals surface area (Å²) in [7, 11) is 1.63. The summed E-state index contributed by atoms with van der Waals surface area (Å²) >= 11 is 1.58. The number of aryl methyl sites for hydroxylation is 1. The maximum atomic E-state index is 12.7. The highest BCUT2D eigenvalue weighted by Crippen LogP contribution is 2.46. The molecule has 0 saturated carbocycles. The van der Waals surface area contributed by atoms with Gasteiger partial charge in [-0.15, -0.1) is 11.8 Å². The fraction of sp³-hybridized carbons (Fsp3) is 0.333. The van der Waals surface area contributed by atoms with Crippen LogP contribution in [0.25, 0.3) is 11.0 Å². The smallest absolute Gasteiger partial charge is 0.234 e. The highest BCUT2D eigenvalue weighted by atomic mass is 32.2. The summed E-state index contributed by atoms with van der Waals surface area (Å²) in [6.07, 6.45) is 0. The van der Waals surface area contributed by atoms with Crippen LogP contribution in [0.2, 0.25) is 0 Å². The van der Waals surface area contributed by atoms with E-state index in [1.165, 1.54) is 0 Å². The first-order valence-electron chi connectivity index (χ1n) is 9.18. The van der Waals surface area contributed by atoms with E-state index in [4.69, 9.17) is 14.0 Å². The second-order valence-electron chi connectivity index (χ2n) is 6.59. The molecule has 0 bridgehead atoms. The summed E-state index contributed by atoms with van der Waals surface area (Å²) in [6, 6.07) is 11.7.